The van der Waals surface area contributed by atoms with Crippen molar-refractivity contribution in [2.75, 3.05) is 13.7 Å². The number of esters is 1. The highest BCUT2D eigenvalue weighted by atomic mass is 32.1. The molecule has 0 aliphatic rings. The first-order chi connectivity index (χ1) is 14.4. The largest absolute Gasteiger partial charge is 0.452 e. The highest BCUT2D eigenvalue weighted by Crippen LogP contribution is 2.20. The lowest BCUT2D eigenvalue weighted by Gasteiger charge is -2.16. The minimum Gasteiger partial charge on any atom is -0.452 e. The predicted molar refractivity (Wildman–Crippen MR) is 117 cm³/mol. The molecule has 1 heterocycles. The van der Waals surface area contributed by atoms with E-state index in [1.165, 1.54) is 4.90 Å². The van der Waals surface area contributed by atoms with Crippen LogP contribution in [-0.4, -0.2) is 36.2 Å². The van der Waals surface area contributed by atoms with Gasteiger partial charge in [0.05, 0.1) is 12.1 Å². The van der Waals surface area contributed by atoms with Gasteiger partial charge in [-0.1, -0.05) is 42.0 Å². The van der Waals surface area contributed by atoms with Crippen LogP contribution in [0.3, 0.4) is 0 Å². The second kappa shape index (κ2) is 9.50. The third-order valence-corrected chi connectivity index (χ3v) is 5.62. The molecule has 0 bridgehead atoms. The van der Waals surface area contributed by atoms with Crippen LogP contribution in [0.5, 0.6) is 0 Å². The first-order valence-electron chi connectivity index (χ1n) is 9.51. The van der Waals surface area contributed by atoms with Gasteiger partial charge in [0.2, 0.25) is 0 Å². The average molecular weight is 422 g/mol. The van der Waals surface area contributed by atoms with Crippen LogP contribution in [0, 0.1) is 13.8 Å². The van der Waals surface area contributed by atoms with Crippen molar-refractivity contribution in [3.63, 3.8) is 0 Å². The summed E-state index contributed by atoms with van der Waals surface area (Å²) < 4.78 is 5.23. The van der Waals surface area contributed by atoms with Crippen LogP contribution < -0.4 is 0 Å². The van der Waals surface area contributed by atoms with E-state index < -0.39 is 5.97 Å². The molecule has 0 fully saturated rings. The van der Waals surface area contributed by atoms with Gasteiger partial charge >= 0.3 is 5.97 Å². The molecule has 3 rings (SSSR count). The van der Waals surface area contributed by atoms with Crippen LogP contribution >= 0.6 is 11.3 Å². The van der Waals surface area contributed by atoms with Crippen molar-refractivity contribution >= 4 is 29.0 Å². The lowest BCUT2D eigenvalue weighted by Crippen LogP contribution is -2.30. The summed E-state index contributed by atoms with van der Waals surface area (Å²) in [5, 5.41) is 1.94. The van der Waals surface area contributed by atoms with Crippen LogP contribution in [0.1, 0.15) is 42.3 Å². The number of amides is 1. The number of benzene rings is 2. The van der Waals surface area contributed by atoms with Gasteiger partial charge < -0.3 is 9.64 Å². The van der Waals surface area contributed by atoms with Crippen molar-refractivity contribution in [1.82, 2.24) is 4.90 Å². The molecule has 0 spiro atoms. The van der Waals surface area contributed by atoms with Gasteiger partial charge in [0.1, 0.15) is 0 Å². The Kier molecular flexibility index (Phi) is 6.79. The third-order valence-electron chi connectivity index (χ3n) is 4.75. The van der Waals surface area contributed by atoms with E-state index in [0.717, 1.165) is 16.0 Å². The van der Waals surface area contributed by atoms with Gasteiger partial charge in [-0.15, -0.1) is 11.3 Å². The van der Waals surface area contributed by atoms with E-state index >= 15 is 0 Å². The summed E-state index contributed by atoms with van der Waals surface area (Å²) in [7, 11) is 1.66. The molecule has 3 aromatic rings. The SMILES string of the molecule is Cc1ccc(C)c(C(=O)c2ccccc2C(=O)OCC(=O)N(C)Cc2cccs2)c1. The number of carbonyl (C=O) groups is 3. The van der Waals surface area contributed by atoms with E-state index in [9.17, 15) is 14.4 Å². The number of likely N-dealkylation sites (N-methyl/N-ethyl adjacent to an activating group) is 1. The number of carbonyl (C=O) groups excluding carboxylic acids is 3. The summed E-state index contributed by atoms with van der Waals surface area (Å²) in [6.07, 6.45) is 0. The fourth-order valence-electron chi connectivity index (χ4n) is 3.02. The van der Waals surface area contributed by atoms with Gasteiger partial charge in [0, 0.05) is 23.1 Å². The molecule has 0 saturated carbocycles. The van der Waals surface area contributed by atoms with Crippen molar-refractivity contribution in [1.29, 1.82) is 0 Å². The molecule has 1 amide bonds. The normalized spacial score (nSPS) is 10.5. The average Bonchev–Trinajstić information content (AvgIpc) is 3.26. The Morgan fingerprint density at radius 2 is 1.67 bits per heavy atom. The smallest absolute Gasteiger partial charge is 0.339 e. The highest BCUT2D eigenvalue weighted by molar-refractivity contribution is 7.09. The fourth-order valence-corrected chi connectivity index (χ4v) is 3.78. The molecule has 1 aromatic heterocycles. The molecule has 0 saturated heterocycles. The molecular formula is C24H23NO4S. The molecule has 0 unspecified atom stereocenters. The monoisotopic (exact) mass is 421 g/mol. The summed E-state index contributed by atoms with van der Waals surface area (Å²) in [5.74, 6) is -1.25. The van der Waals surface area contributed by atoms with Crippen LogP contribution in [-0.2, 0) is 16.1 Å². The number of hydrogen-bond donors (Lipinski definition) is 0. The number of ether oxygens (including phenoxy) is 1. The van der Waals surface area contributed by atoms with Crippen molar-refractivity contribution in [2.45, 2.75) is 20.4 Å². The van der Waals surface area contributed by atoms with Crippen molar-refractivity contribution in [3.8, 4) is 0 Å². The fraction of sp³-hybridized carbons (Fsp3) is 0.208. The van der Waals surface area contributed by atoms with Crippen LogP contribution in [0.2, 0.25) is 0 Å². The maximum absolute atomic E-state index is 13.1. The van der Waals surface area contributed by atoms with E-state index in [4.69, 9.17) is 4.74 Å². The molecule has 6 heteroatoms. The van der Waals surface area contributed by atoms with Crippen molar-refractivity contribution < 1.29 is 19.1 Å². The standard InChI is InChI=1S/C24H23NO4S/c1-16-10-11-17(2)21(13-16)23(27)19-8-4-5-9-20(19)24(28)29-15-22(26)25(3)14-18-7-6-12-30-18/h4-13H,14-15H2,1-3H3. The minimum absolute atomic E-state index is 0.150. The Labute approximate surface area is 179 Å². The number of rotatable bonds is 7. The number of aryl methyl sites for hydroxylation is 2. The van der Waals surface area contributed by atoms with Gasteiger partial charge in [0.15, 0.2) is 12.4 Å². The van der Waals surface area contributed by atoms with Crippen LogP contribution in [0.4, 0.5) is 0 Å². The topological polar surface area (TPSA) is 63.7 Å². The molecular weight excluding hydrogens is 398 g/mol. The molecule has 30 heavy (non-hydrogen) atoms. The van der Waals surface area contributed by atoms with Gasteiger partial charge in [-0.2, -0.15) is 0 Å². The lowest BCUT2D eigenvalue weighted by molar-refractivity contribution is -0.133. The third kappa shape index (κ3) is 5.02. The molecule has 0 atom stereocenters. The van der Waals surface area contributed by atoms with E-state index in [1.807, 2.05) is 49.6 Å². The zero-order chi connectivity index (χ0) is 21.7. The summed E-state index contributed by atoms with van der Waals surface area (Å²) in [4.78, 5) is 40.6. The zero-order valence-electron chi connectivity index (χ0n) is 17.2. The second-order valence-electron chi connectivity index (χ2n) is 7.10. The molecule has 5 nitrogen and oxygen atoms in total. The summed E-state index contributed by atoms with van der Waals surface area (Å²) in [5.41, 5.74) is 2.75. The van der Waals surface area contributed by atoms with Crippen molar-refractivity contribution in [3.05, 3.63) is 92.7 Å². The molecule has 0 radical (unpaired) electrons. The maximum atomic E-state index is 13.1. The minimum atomic E-state index is -0.692. The van der Waals surface area contributed by atoms with E-state index in [2.05, 4.69) is 0 Å². The zero-order valence-corrected chi connectivity index (χ0v) is 18.0. The Balaban J connectivity index is 1.72. The highest BCUT2D eigenvalue weighted by Gasteiger charge is 2.21. The number of ketones is 1. The van der Waals surface area contributed by atoms with Crippen LogP contribution in [0.15, 0.2) is 60.0 Å². The lowest BCUT2D eigenvalue weighted by atomic mass is 9.94. The Morgan fingerprint density at radius 3 is 2.37 bits per heavy atom. The Hall–Kier alpha value is -3.25. The van der Waals surface area contributed by atoms with Gasteiger partial charge in [0.25, 0.3) is 5.91 Å². The predicted octanol–water partition coefficient (Wildman–Crippen LogP) is 4.41. The molecule has 0 aliphatic heterocycles. The van der Waals surface area contributed by atoms with E-state index in [1.54, 1.807) is 42.6 Å². The van der Waals surface area contributed by atoms with Gasteiger partial charge in [-0.3, -0.25) is 9.59 Å². The first-order valence-corrected chi connectivity index (χ1v) is 10.4. The number of nitrogens with zero attached hydrogens (tertiary/aromatic N) is 1. The first kappa shape index (κ1) is 21.5. The summed E-state index contributed by atoms with van der Waals surface area (Å²) in [6.45, 7) is 3.84. The van der Waals surface area contributed by atoms with Gasteiger partial charge in [-0.25, -0.2) is 4.79 Å². The van der Waals surface area contributed by atoms with E-state index in [-0.39, 0.29) is 29.4 Å². The quantitative estimate of drug-likeness (QED) is 0.419. The van der Waals surface area contributed by atoms with Gasteiger partial charge in [-0.05, 0) is 43.0 Å². The van der Waals surface area contributed by atoms with Crippen LogP contribution in [0.25, 0.3) is 0 Å². The number of hydrogen-bond acceptors (Lipinski definition) is 5. The second-order valence-corrected chi connectivity index (χ2v) is 8.13. The Bertz CT molecular complexity index is 1070. The molecule has 154 valence electrons. The number of thiophene rings is 1. The maximum Gasteiger partial charge on any atom is 0.339 e. The molecule has 0 N–H and O–H groups in total. The summed E-state index contributed by atoms with van der Waals surface area (Å²) in [6, 6.07) is 16.0. The van der Waals surface area contributed by atoms with Crippen molar-refractivity contribution in [2.24, 2.45) is 0 Å². The molecule has 2 aromatic carbocycles. The summed E-state index contributed by atoms with van der Waals surface area (Å²) >= 11 is 1.56. The van der Waals surface area contributed by atoms with E-state index in [0.29, 0.717) is 12.1 Å². The molecule has 0 aliphatic carbocycles. The Morgan fingerprint density at radius 1 is 0.933 bits per heavy atom.